The minimum atomic E-state index is -3.84. The minimum Gasteiger partial charge on any atom is -0.493 e. The van der Waals surface area contributed by atoms with Crippen LogP contribution >= 0.6 is 17.0 Å². The summed E-state index contributed by atoms with van der Waals surface area (Å²) in [6.45, 7) is 5.89. The first kappa shape index (κ1) is 31.1. The molecule has 0 saturated carbocycles. The van der Waals surface area contributed by atoms with Gasteiger partial charge in [-0.1, -0.05) is 20.8 Å². The summed E-state index contributed by atoms with van der Waals surface area (Å²) < 4.78 is 34.4. The Labute approximate surface area is 234 Å². The molecule has 1 heterocycles. The van der Waals surface area contributed by atoms with Gasteiger partial charge in [0.1, 0.15) is 5.84 Å². The second kappa shape index (κ2) is 11.3. The van der Waals surface area contributed by atoms with E-state index in [4.69, 9.17) is 14.3 Å². The third kappa shape index (κ3) is 6.47. The van der Waals surface area contributed by atoms with Gasteiger partial charge in [-0.2, -0.15) is 8.42 Å². The number of anilines is 1. The molecule has 3 rings (SSSR count). The predicted molar refractivity (Wildman–Crippen MR) is 153 cm³/mol. The second-order valence-electron chi connectivity index (χ2n) is 10.2. The maximum absolute atomic E-state index is 13.4. The van der Waals surface area contributed by atoms with Gasteiger partial charge < -0.3 is 24.0 Å². The van der Waals surface area contributed by atoms with Crippen molar-refractivity contribution in [2.24, 2.45) is 0 Å². The molecule has 0 spiro atoms. The number of amidine groups is 1. The number of fused-ring (bicyclic) bond motifs is 1. The number of nitrogens with zero attached hydrogens (tertiary/aromatic N) is 2. The number of halogens is 1. The number of amides is 1. The fourth-order valence-corrected chi connectivity index (χ4v) is 4.71. The molecular weight excluding hydrogens is 576 g/mol. The Morgan fingerprint density at radius 1 is 1.16 bits per heavy atom. The fourth-order valence-electron chi connectivity index (χ4n) is 4.23. The lowest BCUT2D eigenvalue weighted by molar-refractivity contribution is 0.0955. The topological polar surface area (TPSA) is 129 Å². The molecule has 2 aromatic carbocycles. The van der Waals surface area contributed by atoms with E-state index in [0.29, 0.717) is 28.8 Å². The molecule has 208 valence electrons. The summed E-state index contributed by atoms with van der Waals surface area (Å²) >= 11 is 0. The molecular formula is C26H35BrN4O6S. The van der Waals surface area contributed by atoms with Gasteiger partial charge in [0.25, 0.3) is 5.91 Å². The van der Waals surface area contributed by atoms with Gasteiger partial charge in [0.2, 0.25) is 0 Å². The van der Waals surface area contributed by atoms with Crippen LogP contribution in [0.2, 0.25) is 0 Å². The Balaban J connectivity index is 0.00000507. The van der Waals surface area contributed by atoms with E-state index in [0.717, 1.165) is 17.5 Å². The van der Waals surface area contributed by atoms with Crippen molar-refractivity contribution in [1.82, 2.24) is 10.2 Å². The molecule has 0 bridgehead atoms. The van der Waals surface area contributed by atoms with Crippen molar-refractivity contribution in [2.45, 2.75) is 32.7 Å². The highest BCUT2D eigenvalue weighted by Gasteiger charge is 2.31. The highest BCUT2D eigenvalue weighted by Crippen LogP contribution is 2.41. The van der Waals surface area contributed by atoms with E-state index >= 15 is 0 Å². The number of benzene rings is 2. The number of ether oxygens (including phenoxy) is 1. The van der Waals surface area contributed by atoms with Gasteiger partial charge in [0.15, 0.2) is 17.3 Å². The van der Waals surface area contributed by atoms with Crippen LogP contribution in [0.1, 0.15) is 58.2 Å². The molecule has 1 aliphatic heterocycles. The quantitative estimate of drug-likeness (QED) is 0.344. The molecule has 1 amide bonds. The van der Waals surface area contributed by atoms with Crippen LogP contribution in [0.3, 0.4) is 0 Å². The number of hydrogen-bond acceptors (Lipinski definition) is 8. The first-order chi connectivity index (χ1) is 17.1. The van der Waals surface area contributed by atoms with Crippen molar-refractivity contribution in [3.8, 4) is 11.5 Å². The molecule has 0 atom stereocenters. The summed E-state index contributed by atoms with van der Waals surface area (Å²) in [5.74, 6) is -0.197. The van der Waals surface area contributed by atoms with Crippen LogP contribution in [0.5, 0.6) is 11.5 Å². The smallest absolute Gasteiger partial charge is 0.306 e. The Hall–Kier alpha value is -3.12. The zero-order chi connectivity index (χ0) is 27.9. The molecule has 0 radical (unpaired) electrons. The number of carbonyl (C=O) groups excluding carboxylic acids is 2. The van der Waals surface area contributed by atoms with Gasteiger partial charge in [-0.15, -0.1) is 17.0 Å². The number of rotatable bonds is 8. The largest absolute Gasteiger partial charge is 0.493 e. The number of hydrogen-bond donors (Lipinski definition) is 2. The van der Waals surface area contributed by atoms with Gasteiger partial charge in [0, 0.05) is 50.1 Å². The number of methoxy groups -OCH3 is 1. The van der Waals surface area contributed by atoms with Crippen LogP contribution < -0.4 is 19.1 Å². The second-order valence-corrected chi connectivity index (χ2v) is 11.8. The average Bonchev–Trinajstić information content (AvgIpc) is 3.10. The maximum Gasteiger partial charge on any atom is 0.306 e. The van der Waals surface area contributed by atoms with Crippen LogP contribution in [0.15, 0.2) is 24.3 Å². The highest BCUT2D eigenvalue weighted by molar-refractivity contribution is 8.93. The molecule has 38 heavy (non-hydrogen) atoms. The molecule has 1 aliphatic rings. The molecule has 0 fully saturated rings. The van der Waals surface area contributed by atoms with Crippen molar-refractivity contribution in [1.29, 1.82) is 5.41 Å². The molecule has 0 saturated heterocycles. The lowest BCUT2D eigenvalue weighted by Gasteiger charge is -2.25. The van der Waals surface area contributed by atoms with E-state index in [-0.39, 0.29) is 52.6 Å². The van der Waals surface area contributed by atoms with Crippen LogP contribution in [-0.4, -0.2) is 71.9 Å². The minimum absolute atomic E-state index is 0. The van der Waals surface area contributed by atoms with E-state index in [1.807, 2.05) is 45.8 Å². The zero-order valence-electron chi connectivity index (χ0n) is 22.9. The van der Waals surface area contributed by atoms with E-state index in [9.17, 15) is 18.0 Å². The number of ketones is 1. The average molecular weight is 612 g/mol. The van der Waals surface area contributed by atoms with Gasteiger partial charge in [-0.05, 0) is 35.2 Å². The molecule has 0 unspecified atom stereocenters. The van der Waals surface area contributed by atoms with Gasteiger partial charge in [-0.25, -0.2) is 0 Å². The Morgan fingerprint density at radius 2 is 1.79 bits per heavy atom. The zero-order valence-corrected chi connectivity index (χ0v) is 25.4. The Bertz CT molecular complexity index is 1380. The normalized spacial score (nSPS) is 12.9. The first-order valence-corrected chi connectivity index (χ1v) is 13.4. The molecule has 10 nitrogen and oxygen atoms in total. The van der Waals surface area contributed by atoms with Crippen molar-refractivity contribution in [2.75, 3.05) is 46.0 Å². The van der Waals surface area contributed by atoms with E-state index in [2.05, 4.69) is 5.32 Å². The molecule has 2 aromatic rings. The summed E-state index contributed by atoms with van der Waals surface area (Å²) in [6, 6.07) is 6.64. The Morgan fingerprint density at radius 3 is 2.29 bits per heavy atom. The lowest BCUT2D eigenvalue weighted by Crippen LogP contribution is -2.30. The third-order valence-corrected chi connectivity index (χ3v) is 6.55. The molecule has 2 N–H and O–H groups in total. The summed E-state index contributed by atoms with van der Waals surface area (Å²) in [4.78, 5) is 29.3. The number of carbonyl (C=O) groups is 2. The van der Waals surface area contributed by atoms with Gasteiger partial charge in [0.05, 0.1) is 25.5 Å². The van der Waals surface area contributed by atoms with Crippen LogP contribution in [0.25, 0.3) is 0 Å². The number of nitrogens with one attached hydrogen (secondary N) is 2. The molecule has 0 aliphatic carbocycles. The highest BCUT2D eigenvalue weighted by atomic mass is 79.9. The predicted octanol–water partition coefficient (Wildman–Crippen LogP) is 3.36. The van der Waals surface area contributed by atoms with Crippen molar-refractivity contribution >= 4 is 50.3 Å². The Kier molecular flexibility index (Phi) is 9.27. The van der Waals surface area contributed by atoms with Crippen LogP contribution in [-0.2, 0) is 22.1 Å². The first-order valence-electron chi connectivity index (χ1n) is 11.6. The monoisotopic (exact) mass is 610 g/mol. The summed E-state index contributed by atoms with van der Waals surface area (Å²) in [5.41, 5.74) is 2.88. The SMILES string of the molecule is Br.CNC(=O)c1cc2c(cc1N(C)C)CN(CC(=O)c1cc(OC)c(OS(C)(=O)=O)c(C(C)(C)C)c1)C2=N. The maximum atomic E-state index is 13.4. The van der Waals surface area contributed by atoms with Gasteiger partial charge in [-0.3, -0.25) is 15.0 Å². The van der Waals surface area contributed by atoms with Crippen molar-refractivity contribution in [3.63, 3.8) is 0 Å². The lowest BCUT2D eigenvalue weighted by atomic mass is 9.84. The van der Waals surface area contributed by atoms with E-state index < -0.39 is 15.5 Å². The summed E-state index contributed by atoms with van der Waals surface area (Å²) in [7, 11) is 2.78. The van der Waals surface area contributed by atoms with Gasteiger partial charge >= 0.3 is 10.1 Å². The third-order valence-electron chi connectivity index (χ3n) is 6.08. The molecule has 0 aromatic heterocycles. The number of Topliss-reactive ketones (excluding diaryl/α,β-unsaturated/α-hetero) is 1. The van der Waals surface area contributed by atoms with E-state index in [1.165, 1.54) is 13.2 Å². The van der Waals surface area contributed by atoms with Crippen molar-refractivity contribution in [3.05, 3.63) is 52.1 Å². The van der Waals surface area contributed by atoms with Crippen molar-refractivity contribution < 1.29 is 26.9 Å². The molecule has 12 heteroatoms. The summed E-state index contributed by atoms with van der Waals surface area (Å²) in [6.07, 6.45) is 0.950. The fraction of sp³-hybridized carbons (Fsp3) is 0.423. The summed E-state index contributed by atoms with van der Waals surface area (Å²) in [5, 5.41) is 11.3. The standard InChI is InChI=1S/C26H34N4O6S.BrH/c1-26(2,3)19-9-15(11-22(35-7)23(19)36-37(8,33)34)21(31)14-30-13-16-10-20(29(5)6)18(25(32)28-4)12-17(16)24(30)27;/h9-12,27H,13-14H2,1-8H3,(H,28,32);1H. The van der Waals surface area contributed by atoms with Crippen LogP contribution in [0, 0.1) is 5.41 Å². The van der Waals surface area contributed by atoms with Crippen LogP contribution in [0.4, 0.5) is 5.69 Å². The van der Waals surface area contributed by atoms with E-state index in [1.54, 1.807) is 24.1 Å².